The molecule has 0 saturated heterocycles. The van der Waals surface area contributed by atoms with Gasteiger partial charge < -0.3 is 15.1 Å². The van der Waals surface area contributed by atoms with E-state index in [-0.39, 0.29) is 11.8 Å². The summed E-state index contributed by atoms with van der Waals surface area (Å²) in [7, 11) is 1.80. The van der Waals surface area contributed by atoms with Crippen molar-refractivity contribution in [2.24, 2.45) is 11.7 Å². The lowest BCUT2D eigenvalue weighted by atomic mass is 10.0. The van der Waals surface area contributed by atoms with Crippen LogP contribution in [0.5, 0.6) is 0 Å². The highest BCUT2D eigenvalue weighted by molar-refractivity contribution is 5.76. The fraction of sp³-hybridized carbons (Fsp3) is 0.615. The van der Waals surface area contributed by atoms with Gasteiger partial charge in [-0.15, -0.1) is 0 Å². The van der Waals surface area contributed by atoms with E-state index in [0.29, 0.717) is 19.5 Å². The van der Waals surface area contributed by atoms with E-state index >= 15 is 0 Å². The molecule has 17 heavy (non-hydrogen) atoms. The molecule has 0 aliphatic rings. The fourth-order valence-electron chi connectivity index (χ4n) is 1.69. The summed E-state index contributed by atoms with van der Waals surface area (Å²) in [5.74, 6) is 2.09. The molecule has 0 spiro atoms. The van der Waals surface area contributed by atoms with Crippen LogP contribution in [-0.2, 0) is 11.3 Å². The summed E-state index contributed by atoms with van der Waals surface area (Å²) < 4.78 is 5.44. The van der Waals surface area contributed by atoms with E-state index < -0.39 is 0 Å². The van der Waals surface area contributed by atoms with Gasteiger partial charge >= 0.3 is 0 Å². The van der Waals surface area contributed by atoms with E-state index in [1.165, 1.54) is 0 Å². The molecule has 1 amide bonds. The maximum Gasteiger partial charge on any atom is 0.223 e. The molecule has 0 saturated carbocycles. The Balaban J connectivity index is 2.46. The number of hydrogen-bond donors (Lipinski definition) is 1. The molecule has 0 bridgehead atoms. The molecule has 0 aliphatic heterocycles. The van der Waals surface area contributed by atoms with Gasteiger partial charge in [-0.3, -0.25) is 4.79 Å². The normalized spacial score (nSPS) is 12.5. The van der Waals surface area contributed by atoms with Crippen molar-refractivity contribution in [3.63, 3.8) is 0 Å². The highest BCUT2D eigenvalue weighted by atomic mass is 16.3. The van der Waals surface area contributed by atoms with Crippen LogP contribution in [0.3, 0.4) is 0 Å². The SMILES string of the molecule is CCC(CN)CC(=O)N(C)Cc1ccc(C)o1. The van der Waals surface area contributed by atoms with Gasteiger partial charge in [-0.1, -0.05) is 13.3 Å². The van der Waals surface area contributed by atoms with E-state index in [1.54, 1.807) is 11.9 Å². The molecule has 4 heteroatoms. The molecule has 2 N–H and O–H groups in total. The Morgan fingerprint density at radius 1 is 1.53 bits per heavy atom. The first-order chi connectivity index (χ1) is 8.06. The van der Waals surface area contributed by atoms with Gasteiger partial charge in [-0.05, 0) is 31.5 Å². The maximum atomic E-state index is 11.9. The number of nitrogens with two attached hydrogens (primary N) is 1. The number of aryl methyl sites for hydroxylation is 1. The molecule has 96 valence electrons. The molecule has 4 nitrogen and oxygen atoms in total. The molecular formula is C13H22N2O2. The van der Waals surface area contributed by atoms with Crippen molar-refractivity contribution in [3.8, 4) is 0 Å². The van der Waals surface area contributed by atoms with E-state index in [1.807, 2.05) is 19.1 Å². The summed E-state index contributed by atoms with van der Waals surface area (Å²) in [6.45, 7) is 5.04. The molecule has 1 heterocycles. The molecule has 0 fully saturated rings. The van der Waals surface area contributed by atoms with Crippen LogP contribution in [0.1, 0.15) is 31.3 Å². The lowest BCUT2D eigenvalue weighted by Gasteiger charge is -2.19. The van der Waals surface area contributed by atoms with Gasteiger partial charge in [-0.25, -0.2) is 0 Å². The summed E-state index contributed by atoms with van der Waals surface area (Å²) in [5, 5.41) is 0. The third kappa shape index (κ3) is 4.23. The predicted molar refractivity (Wildman–Crippen MR) is 67.4 cm³/mol. The summed E-state index contributed by atoms with van der Waals surface area (Å²) in [6, 6.07) is 3.81. The van der Waals surface area contributed by atoms with Gasteiger partial charge in [0, 0.05) is 13.5 Å². The van der Waals surface area contributed by atoms with Gasteiger partial charge in [0.25, 0.3) is 0 Å². The minimum absolute atomic E-state index is 0.122. The lowest BCUT2D eigenvalue weighted by Crippen LogP contribution is -2.29. The first-order valence-corrected chi connectivity index (χ1v) is 6.06. The quantitative estimate of drug-likeness (QED) is 0.823. The zero-order valence-corrected chi connectivity index (χ0v) is 10.9. The largest absolute Gasteiger partial charge is 0.464 e. The van der Waals surface area contributed by atoms with E-state index in [2.05, 4.69) is 6.92 Å². The van der Waals surface area contributed by atoms with Crippen molar-refractivity contribution in [2.45, 2.75) is 33.2 Å². The van der Waals surface area contributed by atoms with Gasteiger partial charge in [0.2, 0.25) is 5.91 Å². The zero-order valence-electron chi connectivity index (χ0n) is 10.9. The molecule has 1 aromatic heterocycles. The van der Waals surface area contributed by atoms with Gasteiger partial charge in [0.15, 0.2) is 0 Å². The monoisotopic (exact) mass is 238 g/mol. The van der Waals surface area contributed by atoms with Crippen molar-refractivity contribution in [1.29, 1.82) is 0 Å². The van der Waals surface area contributed by atoms with Crippen LogP contribution in [0.15, 0.2) is 16.5 Å². The van der Waals surface area contributed by atoms with Crippen molar-refractivity contribution in [2.75, 3.05) is 13.6 Å². The third-order valence-corrected chi connectivity index (χ3v) is 2.99. The van der Waals surface area contributed by atoms with E-state index in [9.17, 15) is 4.79 Å². The van der Waals surface area contributed by atoms with Crippen LogP contribution in [0.25, 0.3) is 0 Å². The van der Waals surface area contributed by atoms with Crippen LogP contribution in [-0.4, -0.2) is 24.4 Å². The Morgan fingerprint density at radius 2 is 2.24 bits per heavy atom. The summed E-state index contributed by atoms with van der Waals surface area (Å²) >= 11 is 0. The van der Waals surface area contributed by atoms with Crippen LogP contribution in [0.4, 0.5) is 0 Å². The number of hydrogen-bond acceptors (Lipinski definition) is 3. The van der Waals surface area contributed by atoms with Gasteiger partial charge in [-0.2, -0.15) is 0 Å². The Hall–Kier alpha value is -1.29. The number of rotatable bonds is 6. The second-order valence-electron chi connectivity index (χ2n) is 4.48. The molecule has 1 rings (SSSR count). The highest BCUT2D eigenvalue weighted by Crippen LogP contribution is 2.12. The Bertz CT molecular complexity index is 356. The number of amides is 1. The standard InChI is InChI=1S/C13H22N2O2/c1-4-11(8-14)7-13(16)15(3)9-12-6-5-10(2)17-12/h5-6,11H,4,7-9,14H2,1-3H3. The number of carbonyl (C=O) groups excluding carboxylic acids is 1. The third-order valence-electron chi connectivity index (χ3n) is 2.99. The van der Waals surface area contributed by atoms with Crippen LogP contribution in [0.2, 0.25) is 0 Å². The zero-order chi connectivity index (χ0) is 12.8. The molecule has 0 aliphatic carbocycles. The smallest absolute Gasteiger partial charge is 0.223 e. The van der Waals surface area contributed by atoms with Crippen molar-refractivity contribution < 1.29 is 9.21 Å². The van der Waals surface area contributed by atoms with E-state index in [4.69, 9.17) is 10.2 Å². The first kappa shape index (κ1) is 13.8. The van der Waals surface area contributed by atoms with Crippen molar-refractivity contribution >= 4 is 5.91 Å². The summed E-state index contributed by atoms with van der Waals surface area (Å²) in [4.78, 5) is 13.6. The maximum absolute atomic E-state index is 11.9. The average Bonchev–Trinajstić information content (AvgIpc) is 2.71. The predicted octanol–water partition coefficient (Wildman–Crippen LogP) is 1.92. The Kier molecular flexibility index (Phi) is 5.22. The first-order valence-electron chi connectivity index (χ1n) is 6.06. The fourth-order valence-corrected chi connectivity index (χ4v) is 1.69. The molecule has 1 unspecified atom stereocenters. The Labute approximate surface area is 103 Å². The molecule has 1 aromatic rings. The van der Waals surface area contributed by atoms with Crippen molar-refractivity contribution in [1.82, 2.24) is 4.90 Å². The molecular weight excluding hydrogens is 216 g/mol. The molecule has 1 atom stereocenters. The minimum Gasteiger partial charge on any atom is -0.464 e. The van der Waals surface area contributed by atoms with E-state index in [0.717, 1.165) is 17.9 Å². The van der Waals surface area contributed by atoms with Crippen molar-refractivity contribution in [3.05, 3.63) is 23.7 Å². The van der Waals surface area contributed by atoms with Crippen LogP contribution < -0.4 is 5.73 Å². The van der Waals surface area contributed by atoms with Gasteiger partial charge in [0.05, 0.1) is 6.54 Å². The molecule has 0 radical (unpaired) electrons. The molecule has 0 aromatic carbocycles. The second-order valence-corrected chi connectivity index (χ2v) is 4.48. The number of furan rings is 1. The van der Waals surface area contributed by atoms with Crippen LogP contribution in [0, 0.1) is 12.8 Å². The summed E-state index contributed by atoms with van der Waals surface area (Å²) in [5.41, 5.74) is 5.60. The Morgan fingerprint density at radius 3 is 2.71 bits per heavy atom. The topological polar surface area (TPSA) is 59.5 Å². The number of nitrogens with zero attached hydrogens (tertiary/aromatic N) is 1. The lowest BCUT2D eigenvalue weighted by molar-refractivity contribution is -0.131. The van der Waals surface area contributed by atoms with Crippen LogP contribution >= 0.6 is 0 Å². The average molecular weight is 238 g/mol. The van der Waals surface area contributed by atoms with Gasteiger partial charge in [0.1, 0.15) is 11.5 Å². The number of carbonyl (C=O) groups is 1. The minimum atomic E-state index is 0.122. The second kappa shape index (κ2) is 6.45. The summed E-state index contributed by atoms with van der Waals surface area (Å²) in [6.07, 6.45) is 1.46. The highest BCUT2D eigenvalue weighted by Gasteiger charge is 2.15.